The smallest absolute Gasteiger partial charge is 0.137 e. The van der Waals surface area contributed by atoms with Crippen molar-refractivity contribution in [1.29, 1.82) is 0 Å². The summed E-state index contributed by atoms with van der Waals surface area (Å²) in [7, 11) is 0. The number of halogens is 1. The van der Waals surface area contributed by atoms with Gasteiger partial charge in [-0.2, -0.15) is 0 Å². The summed E-state index contributed by atoms with van der Waals surface area (Å²) in [6, 6.07) is 5.77. The first-order valence-electron chi connectivity index (χ1n) is 7.48. The Labute approximate surface area is 125 Å². The lowest BCUT2D eigenvalue weighted by atomic mass is 10.1. The molecule has 20 heavy (non-hydrogen) atoms. The molecule has 4 heteroatoms. The van der Waals surface area contributed by atoms with Crippen molar-refractivity contribution >= 4 is 11.8 Å². The number of hydrogen-bond donors (Lipinski definition) is 1. The first-order valence-corrected chi connectivity index (χ1v) is 8.46. The van der Waals surface area contributed by atoms with Crippen LogP contribution < -0.4 is 5.32 Å². The molecule has 0 bridgehead atoms. The van der Waals surface area contributed by atoms with Crippen LogP contribution in [0.4, 0.5) is 4.39 Å². The van der Waals surface area contributed by atoms with Gasteiger partial charge in [0, 0.05) is 23.3 Å². The number of ether oxygens (including phenoxy) is 1. The average molecular weight is 297 g/mol. The molecular formula is C16H24FNOS. The highest BCUT2D eigenvalue weighted by Crippen LogP contribution is 2.27. The molecule has 1 fully saturated rings. The maximum Gasteiger partial charge on any atom is 0.137 e. The topological polar surface area (TPSA) is 21.3 Å². The van der Waals surface area contributed by atoms with E-state index < -0.39 is 0 Å². The largest absolute Gasteiger partial charge is 0.377 e. The lowest BCUT2D eigenvalue weighted by molar-refractivity contribution is 0.129. The molecule has 0 radical (unpaired) electrons. The van der Waals surface area contributed by atoms with Gasteiger partial charge in [-0.1, -0.05) is 13.0 Å². The molecule has 112 valence electrons. The molecule has 1 saturated heterocycles. The Kier molecular flexibility index (Phi) is 6.33. The molecule has 0 amide bonds. The van der Waals surface area contributed by atoms with E-state index in [1.165, 1.54) is 0 Å². The van der Waals surface area contributed by atoms with E-state index in [0.29, 0.717) is 6.10 Å². The van der Waals surface area contributed by atoms with Crippen LogP contribution in [0.5, 0.6) is 0 Å². The standard InChI is InChI=1S/C16H24FNOS/c1-3-8-18-12(2)13-6-7-16(15(17)10-13)20-11-14-5-4-9-19-14/h6-7,10,12,14,18H,3-5,8-9,11H2,1-2H3. The Balaban J connectivity index is 1.91. The lowest BCUT2D eigenvalue weighted by Gasteiger charge is -2.15. The van der Waals surface area contributed by atoms with E-state index in [1.54, 1.807) is 17.8 Å². The molecule has 0 spiro atoms. The highest BCUT2D eigenvalue weighted by molar-refractivity contribution is 7.99. The van der Waals surface area contributed by atoms with Gasteiger partial charge in [-0.3, -0.25) is 0 Å². The van der Waals surface area contributed by atoms with E-state index in [-0.39, 0.29) is 11.9 Å². The van der Waals surface area contributed by atoms with Gasteiger partial charge < -0.3 is 10.1 Å². The molecule has 2 nitrogen and oxygen atoms in total. The van der Waals surface area contributed by atoms with Crippen molar-refractivity contribution in [3.05, 3.63) is 29.6 Å². The minimum atomic E-state index is -0.115. The van der Waals surface area contributed by atoms with E-state index in [0.717, 1.165) is 48.6 Å². The van der Waals surface area contributed by atoms with E-state index in [4.69, 9.17) is 4.74 Å². The van der Waals surface area contributed by atoms with Crippen LogP contribution in [0.25, 0.3) is 0 Å². The summed E-state index contributed by atoms with van der Waals surface area (Å²) in [5.74, 6) is 0.732. The van der Waals surface area contributed by atoms with Crippen LogP contribution in [-0.2, 0) is 4.74 Å². The summed E-state index contributed by atoms with van der Waals surface area (Å²) >= 11 is 1.56. The molecule has 2 unspecified atom stereocenters. The molecular weight excluding hydrogens is 273 g/mol. The molecule has 0 aliphatic carbocycles. The van der Waals surface area contributed by atoms with E-state index in [9.17, 15) is 4.39 Å². The van der Waals surface area contributed by atoms with E-state index in [2.05, 4.69) is 19.2 Å². The van der Waals surface area contributed by atoms with Crippen LogP contribution in [-0.4, -0.2) is 25.0 Å². The van der Waals surface area contributed by atoms with Crippen molar-refractivity contribution < 1.29 is 9.13 Å². The molecule has 1 heterocycles. The number of rotatable bonds is 7. The van der Waals surface area contributed by atoms with Crippen molar-refractivity contribution in [2.24, 2.45) is 0 Å². The highest BCUT2D eigenvalue weighted by atomic mass is 32.2. The Morgan fingerprint density at radius 2 is 2.35 bits per heavy atom. The van der Waals surface area contributed by atoms with Crippen molar-refractivity contribution in [3.8, 4) is 0 Å². The molecule has 0 aromatic heterocycles. The fraction of sp³-hybridized carbons (Fsp3) is 0.625. The Morgan fingerprint density at radius 3 is 3.00 bits per heavy atom. The van der Waals surface area contributed by atoms with Crippen molar-refractivity contribution in [2.45, 2.75) is 50.2 Å². The van der Waals surface area contributed by atoms with Crippen molar-refractivity contribution in [2.75, 3.05) is 18.9 Å². The molecule has 2 rings (SSSR count). The normalized spacial score (nSPS) is 20.2. The third-order valence-corrected chi connectivity index (χ3v) is 4.79. The second-order valence-electron chi connectivity index (χ2n) is 5.31. The number of thioether (sulfide) groups is 1. The van der Waals surface area contributed by atoms with Gasteiger partial charge in [0.15, 0.2) is 0 Å². The quantitative estimate of drug-likeness (QED) is 0.764. The van der Waals surface area contributed by atoms with Crippen LogP contribution in [0.15, 0.2) is 23.1 Å². The van der Waals surface area contributed by atoms with Crippen molar-refractivity contribution in [1.82, 2.24) is 5.32 Å². The maximum atomic E-state index is 14.1. The number of benzene rings is 1. The average Bonchev–Trinajstić information content (AvgIpc) is 2.96. The fourth-order valence-corrected chi connectivity index (χ4v) is 3.33. The van der Waals surface area contributed by atoms with Gasteiger partial charge >= 0.3 is 0 Å². The molecule has 1 aliphatic heterocycles. The van der Waals surface area contributed by atoms with Gasteiger partial charge in [0.25, 0.3) is 0 Å². The predicted molar refractivity (Wildman–Crippen MR) is 82.8 cm³/mol. The Morgan fingerprint density at radius 1 is 1.50 bits per heavy atom. The van der Waals surface area contributed by atoms with Crippen molar-refractivity contribution in [3.63, 3.8) is 0 Å². The third-order valence-electron chi connectivity index (χ3n) is 3.61. The van der Waals surface area contributed by atoms with Gasteiger partial charge in [0.2, 0.25) is 0 Å². The predicted octanol–water partition coefficient (Wildman–Crippen LogP) is 4.16. The summed E-state index contributed by atoms with van der Waals surface area (Å²) in [5.41, 5.74) is 1.01. The van der Waals surface area contributed by atoms with Crippen LogP contribution in [0.2, 0.25) is 0 Å². The third kappa shape index (κ3) is 4.47. The van der Waals surface area contributed by atoms with Gasteiger partial charge in [-0.15, -0.1) is 11.8 Å². The Hall–Kier alpha value is -0.580. The summed E-state index contributed by atoms with van der Waals surface area (Å²) in [6.07, 6.45) is 3.62. The van der Waals surface area contributed by atoms with E-state index in [1.807, 2.05) is 12.1 Å². The Bertz CT molecular complexity index is 421. The molecule has 1 aromatic carbocycles. The molecule has 1 N–H and O–H groups in total. The zero-order valence-electron chi connectivity index (χ0n) is 12.3. The van der Waals surface area contributed by atoms with Crippen LogP contribution >= 0.6 is 11.8 Å². The second kappa shape index (κ2) is 8.01. The van der Waals surface area contributed by atoms with Crippen LogP contribution in [0.1, 0.15) is 44.7 Å². The summed E-state index contributed by atoms with van der Waals surface area (Å²) in [4.78, 5) is 0.729. The van der Waals surface area contributed by atoms with Gasteiger partial charge in [0.05, 0.1) is 6.10 Å². The monoisotopic (exact) mass is 297 g/mol. The van der Waals surface area contributed by atoms with E-state index >= 15 is 0 Å². The number of nitrogens with one attached hydrogen (secondary N) is 1. The second-order valence-corrected chi connectivity index (χ2v) is 6.37. The molecule has 1 aliphatic rings. The van der Waals surface area contributed by atoms with Gasteiger partial charge in [0.1, 0.15) is 5.82 Å². The van der Waals surface area contributed by atoms with Gasteiger partial charge in [-0.25, -0.2) is 4.39 Å². The molecule has 1 aromatic rings. The van der Waals surface area contributed by atoms with Gasteiger partial charge in [-0.05, 0) is 50.4 Å². The maximum absolute atomic E-state index is 14.1. The zero-order chi connectivity index (χ0) is 14.4. The first kappa shape index (κ1) is 15.8. The first-order chi connectivity index (χ1) is 9.70. The summed E-state index contributed by atoms with van der Waals surface area (Å²) < 4.78 is 19.7. The fourth-order valence-electron chi connectivity index (χ4n) is 2.34. The van der Waals surface area contributed by atoms with Crippen LogP contribution in [0.3, 0.4) is 0 Å². The van der Waals surface area contributed by atoms with Crippen LogP contribution in [0, 0.1) is 5.82 Å². The SMILES string of the molecule is CCCNC(C)c1ccc(SCC2CCCO2)c(F)c1. The molecule has 2 atom stereocenters. The minimum absolute atomic E-state index is 0.115. The summed E-state index contributed by atoms with van der Waals surface area (Å²) in [5, 5.41) is 3.38. The lowest BCUT2D eigenvalue weighted by Crippen LogP contribution is -2.19. The highest BCUT2D eigenvalue weighted by Gasteiger charge is 2.17. The molecule has 0 saturated carbocycles. The zero-order valence-corrected chi connectivity index (χ0v) is 13.1. The minimum Gasteiger partial charge on any atom is -0.377 e. The number of hydrogen-bond acceptors (Lipinski definition) is 3. The summed E-state index contributed by atoms with van der Waals surface area (Å²) in [6.45, 7) is 6.01.